The lowest BCUT2D eigenvalue weighted by Crippen LogP contribution is -2.45. The topological polar surface area (TPSA) is 55.6 Å². The SMILES string of the molecule is CCN(CCOc1ccc(Br)cc1)C(=O)[C@@H](N)CCSC.Cl. The van der Waals surface area contributed by atoms with E-state index in [4.69, 9.17) is 10.5 Å². The molecule has 126 valence electrons. The molecular formula is C15H24BrClN2O2S. The summed E-state index contributed by atoms with van der Waals surface area (Å²) in [7, 11) is 0. The van der Waals surface area contributed by atoms with Crippen LogP contribution in [0.3, 0.4) is 0 Å². The lowest BCUT2D eigenvalue weighted by Gasteiger charge is -2.24. The van der Waals surface area contributed by atoms with E-state index in [2.05, 4.69) is 15.9 Å². The molecule has 0 fully saturated rings. The van der Waals surface area contributed by atoms with Crippen LogP contribution in [-0.4, -0.2) is 48.6 Å². The summed E-state index contributed by atoms with van der Waals surface area (Å²) in [5.74, 6) is 1.71. The summed E-state index contributed by atoms with van der Waals surface area (Å²) < 4.78 is 6.66. The van der Waals surface area contributed by atoms with Crippen LogP contribution in [0.2, 0.25) is 0 Å². The second kappa shape index (κ2) is 12.0. The molecule has 1 atom stereocenters. The molecule has 0 bridgehead atoms. The summed E-state index contributed by atoms with van der Waals surface area (Å²) in [6.45, 7) is 3.63. The molecule has 0 heterocycles. The normalized spacial score (nSPS) is 11.5. The third-order valence-electron chi connectivity index (χ3n) is 3.09. The minimum Gasteiger partial charge on any atom is -0.492 e. The van der Waals surface area contributed by atoms with Crippen LogP contribution in [0.25, 0.3) is 0 Å². The third kappa shape index (κ3) is 7.72. The average molecular weight is 412 g/mol. The zero-order valence-corrected chi connectivity index (χ0v) is 16.2. The highest BCUT2D eigenvalue weighted by Crippen LogP contribution is 2.16. The number of amides is 1. The number of nitrogens with two attached hydrogens (primary N) is 1. The first-order chi connectivity index (χ1) is 10.1. The van der Waals surface area contributed by atoms with Gasteiger partial charge in [0, 0.05) is 11.0 Å². The van der Waals surface area contributed by atoms with Crippen LogP contribution in [0.15, 0.2) is 28.7 Å². The van der Waals surface area contributed by atoms with Crippen molar-refractivity contribution >= 4 is 46.0 Å². The van der Waals surface area contributed by atoms with Crippen LogP contribution in [-0.2, 0) is 4.79 Å². The number of hydrogen-bond acceptors (Lipinski definition) is 4. The van der Waals surface area contributed by atoms with Crippen LogP contribution in [0.4, 0.5) is 0 Å². The van der Waals surface area contributed by atoms with E-state index in [1.807, 2.05) is 37.4 Å². The van der Waals surface area contributed by atoms with Gasteiger partial charge in [0.05, 0.1) is 12.6 Å². The first-order valence-corrected chi connectivity index (χ1v) is 9.18. The van der Waals surface area contributed by atoms with Crippen molar-refractivity contribution in [2.24, 2.45) is 5.73 Å². The highest BCUT2D eigenvalue weighted by Gasteiger charge is 2.19. The van der Waals surface area contributed by atoms with E-state index in [0.29, 0.717) is 26.1 Å². The Morgan fingerprint density at radius 1 is 1.41 bits per heavy atom. The van der Waals surface area contributed by atoms with Gasteiger partial charge < -0.3 is 15.4 Å². The molecule has 0 aliphatic carbocycles. The van der Waals surface area contributed by atoms with Crippen molar-refractivity contribution in [3.05, 3.63) is 28.7 Å². The lowest BCUT2D eigenvalue weighted by molar-refractivity contribution is -0.132. The average Bonchev–Trinajstić information content (AvgIpc) is 2.50. The number of carbonyl (C=O) groups is 1. The predicted molar refractivity (Wildman–Crippen MR) is 100 cm³/mol. The lowest BCUT2D eigenvalue weighted by atomic mass is 10.2. The van der Waals surface area contributed by atoms with Gasteiger partial charge >= 0.3 is 0 Å². The highest BCUT2D eigenvalue weighted by atomic mass is 79.9. The van der Waals surface area contributed by atoms with Gasteiger partial charge in [-0.15, -0.1) is 12.4 Å². The zero-order valence-electron chi connectivity index (χ0n) is 13.0. The number of benzene rings is 1. The van der Waals surface area contributed by atoms with E-state index >= 15 is 0 Å². The van der Waals surface area contributed by atoms with Crippen molar-refractivity contribution in [2.75, 3.05) is 31.7 Å². The minimum atomic E-state index is -0.412. The molecule has 1 aromatic rings. The molecule has 0 saturated heterocycles. The first-order valence-electron chi connectivity index (χ1n) is 7.00. The van der Waals surface area contributed by atoms with Crippen LogP contribution < -0.4 is 10.5 Å². The standard InChI is InChI=1S/C15H23BrN2O2S.ClH/c1-3-18(15(19)14(17)8-11-21-2)9-10-20-13-6-4-12(16)5-7-13;/h4-7,14H,3,8-11,17H2,1-2H3;1H/t14-;/m0./s1. The maximum absolute atomic E-state index is 12.2. The Kier molecular flexibility index (Phi) is 11.8. The number of halogens is 2. The fraction of sp³-hybridized carbons (Fsp3) is 0.533. The van der Waals surface area contributed by atoms with Gasteiger partial charge in [-0.2, -0.15) is 11.8 Å². The summed E-state index contributed by atoms with van der Waals surface area (Å²) in [5, 5.41) is 0. The molecule has 1 aromatic carbocycles. The molecule has 0 saturated carbocycles. The first kappa shape index (κ1) is 21.6. The smallest absolute Gasteiger partial charge is 0.239 e. The van der Waals surface area contributed by atoms with Gasteiger partial charge in [0.2, 0.25) is 5.91 Å². The van der Waals surface area contributed by atoms with Gasteiger partial charge in [-0.3, -0.25) is 4.79 Å². The van der Waals surface area contributed by atoms with E-state index < -0.39 is 6.04 Å². The van der Waals surface area contributed by atoms with Crippen LogP contribution in [0, 0.1) is 0 Å². The zero-order chi connectivity index (χ0) is 15.7. The van der Waals surface area contributed by atoms with E-state index in [1.54, 1.807) is 16.7 Å². The Bertz CT molecular complexity index is 434. The summed E-state index contributed by atoms with van der Waals surface area (Å²) in [6.07, 6.45) is 2.73. The second-order valence-corrected chi connectivity index (χ2v) is 6.51. The molecule has 1 amide bonds. The third-order valence-corrected chi connectivity index (χ3v) is 4.26. The number of likely N-dealkylation sites (N-methyl/N-ethyl adjacent to an activating group) is 1. The molecule has 0 aliphatic heterocycles. The number of carbonyl (C=O) groups excluding carboxylic acids is 1. The second-order valence-electron chi connectivity index (χ2n) is 4.61. The molecule has 0 unspecified atom stereocenters. The maximum atomic E-state index is 12.2. The van der Waals surface area contributed by atoms with Crippen LogP contribution in [0.1, 0.15) is 13.3 Å². The summed E-state index contributed by atoms with van der Waals surface area (Å²) in [6, 6.07) is 7.23. The molecular weight excluding hydrogens is 388 g/mol. The van der Waals surface area contributed by atoms with Gasteiger partial charge in [0.25, 0.3) is 0 Å². The minimum absolute atomic E-state index is 0. The number of rotatable bonds is 9. The Hall–Kier alpha value is -0.430. The number of ether oxygens (including phenoxy) is 1. The summed E-state index contributed by atoms with van der Waals surface area (Å²) in [5.41, 5.74) is 5.93. The van der Waals surface area contributed by atoms with Crippen molar-refractivity contribution in [3.63, 3.8) is 0 Å². The molecule has 1 rings (SSSR count). The molecule has 0 radical (unpaired) electrons. The molecule has 0 spiro atoms. The maximum Gasteiger partial charge on any atom is 0.239 e. The fourth-order valence-corrected chi connectivity index (χ4v) is 2.59. The number of nitrogens with zero attached hydrogens (tertiary/aromatic N) is 1. The summed E-state index contributed by atoms with van der Waals surface area (Å²) in [4.78, 5) is 14.0. The fourth-order valence-electron chi connectivity index (χ4n) is 1.83. The number of hydrogen-bond donors (Lipinski definition) is 1. The monoisotopic (exact) mass is 410 g/mol. The van der Waals surface area contributed by atoms with E-state index in [9.17, 15) is 4.79 Å². The largest absolute Gasteiger partial charge is 0.492 e. The van der Waals surface area contributed by atoms with Crippen molar-refractivity contribution in [1.82, 2.24) is 4.90 Å². The molecule has 7 heteroatoms. The Labute approximate surface area is 151 Å². The van der Waals surface area contributed by atoms with Crippen LogP contribution in [0.5, 0.6) is 5.75 Å². The van der Waals surface area contributed by atoms with Crippen molar-refractivity contribution in [3.8, 4) is 5.75 Å². The molecule has 2 N–H and O–H groups in total. The van der Waals surface area contributed by atoms with Crippen molar-refractivity contribution in [1.29, 1.82) is 0 Å². The Morgan fingerprint density at radius 2 is 2.05 bits per heavy atom. The predicted octanol–water partition coefficient (Wildman–Crippen LogP) is 3.18. The number of thioether (sulfide) groups is 1. The summed E-state index contributed by atoms with van der Waals surface area (Å²) >= 11 is 5.08. The van der Waals surface area contributed by atoms with Gasteiger partial charge in [0.1, 0.15) is 12.4 Å². The highest BCUT2D eigenvalue weighted by molar-refractivity contribution is 9.10. The van der Waals surface area contributed by atoms with Gasteiger partial charge in [-0.25, -0.2) is 0 Å². The molecule has 0 aliphatic rings. The molecule has 22 heavy (non-hydrogen) atoms. The van der Waals surface area contributed by atoms with E-state index in [0.717, 1.165) is 16.0 Å². The van der Waals surface area contributed by atoms with E-state index in [-0.39, 0.29) is 18.3 Å². The molecule has 4 nitrogen and oxygen atoms in total. The van der Waals surface area contributed by atoms with Crippen molar-refractivity contribution in [2.45, 2.75) is 19.4 Å². The van der Waals surface area contributed by atoms with Crippen LogP contribution >= 0.6 is 40.1 Å². The van der Waals surface area contributed by atoms with Crippen molar-refractivity contribution < 1.29 is 9.53 Å². The van der Waals surface area contributed by atoms with Gasteiger partial charge in [-0.1, -0.05) is 15.9 Å². The quantitative estimate of drug-likeness (QED) is 0.678. The van der Waals surface area contributed by atoms with Gasteiger partial charge in [-0.05, 0) is 49.6 Å². The Balaban J connectivity index is 0.00000441. The Morgan fingerprint density at radius 3 is 2.59 bits per heavy atom. The van der Waals surface area contributed by atoms with Gasteiger partial charge in [0.15, 0.2) is 0 Å². The van der Waals surface area contributed by atoms with E-state index in [1.165, 1.54) is 0 Å². The molecule has 0 aromatic heterocycles.